The van der Waals surface area contributed by atoms with Crippen molar-refractivity contribution in [2.24, 2.45) is 0 Å². The Balaban J connectivity index is 2.06. The molecule has 0 unspecified atom stereocenters. The van der Waals surface area contributed by atoms with Gasteiger partial charge in [0.05, 0.1) is 6.26 Å². The quantitative estimate of drug-likeness (QED) is 0.515. The van der Waals surface area contributed by atoms with Gasteiger partial charge in [-0.05, 0) is 42.5 Å². The summed E-state index contributed by atoms with van der Waals surface area (Å²) in [5, 5.41) is 11.7. The predicted octanol–water partition coefficient (Wildman–Crippen LogP) is 4.14. The molecule has 0 bridgehead atoms. The van der Waals surface area contributed by atoms with Gasteiger partial charge in [0.1, 0.15) is 17.4 Å². The number of anilines is 1. The summed E-state index contributed by atoms with van der Waals surface area (Å²) in [7, 11) is 0. The number of hydrogen-bond donors (Lipinski definition) is 1. The van der Waals surface area contributed by atoms with Crippen molar-refractivity contribution in [1.29, 1.82) is 5.26 Å². The van der Waals surface area contributed by atoms with Crippen molar-refractivity contribution in [3.63, 3.8) is 0 Å². The number of furan rings is 1. The van der Waals surface area contributed by atoms with Crippen molar-refractivity contribution in [1.82, 2.24) is 0 Å². The summed E-state index contributed by atoms with van der Waals surface area (Å²) in [5.74, 6) is 0.190. The first kappa shape index (κ1) is 14.8. The van der Waals surface area contributed by atoms with Gasteiger partial charge in [0.2, 0.25) is 0 Å². The Bertz CT molecular complexity index is 725. The van der Waals surface area contributed by atoms with E-state index in [2.05, 4.69) is 21.2 Å². The van der Waals surface area contributed by atoms with Crippen molar-refractivity contribution in [3.05, 3.63) is 70.6 Å². The fourth-order valence-electron chi connectivity index (χ4n) is 1.55. The lowest BCUT2D eigenvalue weighted by atomic mass is 10.2. The van der Waals surface area contributed by atoms with Crippen LogP contribution in [-0.4, -0.2) is 5.91 Å². The molecular weight excluding hydrogens is 332 g/mol. The van der Waals surface area contributed by atoms with Crippen molar-refractivity contribution in [2.45, 2.75) is 0 Å². The minimum Gasteiger partial charge on any atom is -0.465 e. The van der Waals surface area contributed by atoms with Gasteiger partial charge >= 0.3 is 0 Å². The summed E-state index contributed by atoms with van der Waals surface area (Å²) in [5.41, 5.74) is 0.628. The maximum absolute atomic E-state index is 12.0. The second-order valence-electron chi connectivity index (χ2n) is 4.03. The second kappa shape index (κ2) is 7.27. The van der Waals surface area contributed by atoms with Crippen molar-refractivity contribution >= 4 is 33.6 Å². The molecule has 5 heteroatoms. The fraction of sp³-hybridized carbons (Fsp3) is 0. The molecule has 2 rings (SSSR count). The number of allylic oxidation sites excluding steroid dienone is 2. The van der Waals surface area contributed by atoms with Crippen LogP contribution in [0, 0.1) is 11.3 Å². The smallest absolute Gasteiger partial charge is 0.266 e. The number of carbonyl (C=O) groups excluding carboxylic acids is 1. The summed E-state index contributed by atoms with van der Waals surface area (Å²) in [6, 6.07) is 12.6. The van der Waals surface area contributed by atoms with Gasteiger partial charge in [0, 0.05) is 10.2 Å². The summed E-state index contributed by atoms with van der Waals surface area (Å²) >= 11 is 3.32. The molecule has 104 valence electrons. The highest BCUT2D eigenvalue weighted by molar-refractivity contribution is 9.10. The highest BCUT2D eigenvalue weighted by Gasteiger charge is 2.08. The molecule has 0 spiro atoms. The molecule has 21 heavy (non-hydrogen) atoms. The number of amides is 1. The molecular formula is C16H11BrN2O2. The molecule has 0 fully saturated rings. The number of nitrogens with one attached hydrogen (secondary N) is 1. The molecule has 1 aromatic carbocycles. The van der Waals surface area contributed by atoms with Crippen LogP contribution in [0.3, 0.4) is 0 Å². The molecule has 0 aliphatic heterocycles. The molecule has 0 saturated carbocycles. The van der Waals surface area contributed by atoms with Crippen LogP contribution in [0.2, 0.25) is 0 Å². The number of nitriles is 1. The monoisotopic (exact) mass is 342 g/mol. The molecule has 0 saturated heterocycles. The van der Waals surface area contributed by atoms with Gasteiger partial charge in [-0.1, -0.05) is 28.1 Å². The second-order valence-corrected chi connectivity index (χ2v) is 4.95. The fourth-order valence-corrected chi connectivity index (χ4v) is 1.95. The third-order valence-electron chi connectivity index (χ3n) is 2.51. The topological polar surface area (TPSA) is 66.0 Å². The van der Waals surface area contributed by atoms with Gasteiger partial charge < -0.3 is 9.73 Å². The third-order valence-corrected chi connectivity index (χ3v) is 3.01. The van der Waals surface area contributed by atoms with Gasteiger partial charge in [0.15, 0.2) is 0 Å². The van der Waals surface area contributed by atoms with Crippen LogP contribution < -0.4 is 5.32 Å². The minimum atomic E-state index is -0.459. The highest BCUT2D eigenvalue weighted by atomic mass is 79.9. The van der Waals surface area contributed by atoms with E-state index in [1.165, 1.54) is 6.08 Å². The number of carbonyl (C=O) groups is 1. The van der Waals surface area contributed by atoms with Gasteiger partial charge in [-0.3, -0.25) is 4.79 Å². The number of rotatable bonds is 4. The van der Waals surface area contributed by atoms with E-state index in [0.717, 1.165) is 4.47 Å². The van der Waals surface area contributed by atoms with Crippen LogP contribution in [0.5, 0.6) is 0 Å². The van der Waals surface area contributed by atoms with E-state index in [4.69, 9.17) is 9.68 Å². The molecule has 0 radical (unpaired) electrons. The molecule has 4 nitrogen and oxygen atoms in total. The van der Waals surface area contributed by atoms with Gasteiger partial charge in [-0.2, -0.15) is 5.26 Å². The van der Waals surface area contributed by atoms with E-state index >= 15 is 0 Å². The molecule has 0 aliphatic rings. The minimum absolute atomic E-state index is 0.0118. The zero-order valence-electron chi connectivity index (χ0n) is 10.9. The zero-order chi connectivity index (χ0) is 15.1. The molecule has 0 atom stereocenters. The Morgan fingerprint density at radius 2 is 2.19 bits per heavy atom. The Hall–Kier alpha value is -2.58. The van der Waals surface area contributed by atoms with Gasteiger partial charge in [-0.15, -0.1) is 0 Å². The maximum Gasteiger partial charge on any atom is 0.266 e. The number of halogens is 1. The van der Waals surface area contributed by atoms with E-state index in [1.807, 2.05) is 12.1 Å². The Morgan fingerprint density at radius 1 is 1.33 bits per heavy atom. The lowest BCUT2D eigenvalue weighted by Crippen LogP contribution is -2.13. The van der Waals surface area contributed by atoms with E-state index in [9.17, 15) is 4.79 Å². The van der Waals surface area contributed by atoms with Crippen LogP contribution in [0.4, 0.5) is 5.69 Å². The summed E-state index contributed by atoms with van der Waals surface area (Å²) in [4.78, 5) is 12.0. The zero-order valence-corrected chi connectivity index (χ0v) is 12.5. The predicted molar refractivity (Wildman–Crippen MR) is 84.2 cm³/mol. The first-order valence-corrected chi connectivity index (χ1v) is 6.87. The van der Waals surface area contributed by atoms with Crippen LogP contribution in [0.25, 0.3) is 6.08 Å². The molecule has 1 N–H and O–H groups in total. The van der Waals surface area contributed by atoms with E-state index < -0.39 is 5.91 Å². The molecule has 0 aliphatic carbocycles. The van der Waals surface area contributed by atoms with E-state index in [0.29, 0.717) is 11.4 Å². The number of benzene rings is 1. The number of hydrogen-bond acceptors (Lipinski definition) is 3. The SMILES string of the molecule is N#C/C(=C\C=C\c1ccco1)C(=O)Nc1cccc(Br)c1. The molecule has 2 aromatic rings. The van der Waals surface area contributed by atoms with Gasteiger partial charge in [-0.25, -0.2) is 0 Å². The first-order valence-electron chi connectivity index (χ1n) is 6.08. The van der Waals surface area contributed by atoms with Crippen LogP contribution in [0.1, 0.15) is 5.76 Å². The Labute approximate surface area is 130 Å². The molecule has 1 heterocycles. The Morgan fingerprint density at radius 3 is 2.86 bits per heavy atom. The molecule has 1 aromatic heterocycles. The van der Waals surface area contributed by atoms with Crippen molar-refractivity contribution < 1.29 is 9.21 Å². The van der Waals surface area contributed by atoms with Crippen LogP contribution in [-0.2, 0) is 4.79 Å². The standard InChI is InChI=1S/C16H11BrN2O2/c17-13-5-2-6-14(10-13)19-16(20)12(11-18)4-1-7-15-8-3-9-21-15/h1-10H,(H,19,20)/b7-1+,12-4+. The summed E-state index contributed by atoms with van der Waals surface area (Å²) in [6.45, 7) is 0. The van der Waals surface area contributed by atoms with E-state index in [1.54, 1.807) is 48.7 Å². The number of nitrogens with zero attached hydrogens (tertiary/aromatic N) is 1. The Kier molecular flexibility index (Phi) is 5.13. The summed E-state index contributed by atoms with van der Waals surface area (Å²) in [6.07, 6.45) is 6.26. The van der Waals surface area contributed by atoms with Crippen molar-refractivity contribution in [2.75, 3.05) is 5.32 Å². The van der Waals surface area contributed by atoms with Crippen LogP contribution in [0.15, 0.2) is 69.3 Å². The summed E-state index contributed by atoms with van der Waals surface area (Å²) < 4.78 is 5.96. The third kappa shape index (κ3) is 4.48. The van der Waals surface area contributed by atoms with Gasteiger partial charge in [0.25, 0.3) is 5.91 Å². The average Bonchev–Trinajstić information content (AvgIpc) is 2.96. The normalized spacial score (nSPS) is 11.3. The highest BCUT2D eigenvalue weighted by Crippen LogP contribution is 2.16. The molecule has 1 amide bonds. The average molecular weight is 343 g/mol. The lowest BCUT2D eigenvalue weighted by Gasteiger charge is -2.03. The largest absolute Gasteiger partial charge is 0.465 e. The van der Waals surface area contributed by atoms with Crippen LogP contribution >= 0.6 is 15.9 Å². The van der Waals surface area contributed by atoms with Crippen molar-refractivity contribution in [3.8, 4) is 6.07 Å². The maximum atomic E-state index is 12.0. The first-order chi connectivity index (χ1) is 10.2. The van der Waals surface area contributed by atoms with E-state index in [-0.39, 0.29) is 5.57 Å². The lowest BCUT2D eigenvalue weighted by molar-refractivity contribution is -0.112.